The second-order valence-corrected chi connectivity index (χ2v) is 3.62. The van der Waals surface area contributed by atoms with Crippen LogP contribution in [0.15, 0.2) is 18.2 Å². The predicted molar refractivity (Wildman–Crippen MR) is 54.6 cm³/mol. The quantitative estimate of drug-likeness (QED) is 0.805. The molecular formula is C10H12ClNO. The van der Waals surface area contributed by atoms with Crippen LogP contribution in [0.3, 0.4) is 0 Å². The van der Waals surface area contributed by atoms with Crippen LogP contribution in [0.4, 0.5) is 5.69 Å². The van der Waals surface area contributed by atoms with Gasteiger partial charge in [-0.05, 0) is 31.0 Å². The van der Waals surface area contributed by atoms with Gasteiger partial charge in [0.15, 0.2) is 0 Å². The zero-order chi connectivity index (χ0) is 9.26. The van der Waals surface area contributed by atoms with E-state index in [9.17, 15) is 0 Å². The second kappa shape index (κ2) is 3.46. The molecule has 0 saturated heterocycles. The Labute approximate surface area is 82.9 Å². The third-order valence-electron chi connectivity index (χ3n) is 2.04. The van der Waals surface area contributed by atoms with E-state index in [1.807, 2.05) is 25.2 Å². The van der Waals surface area contributed by atoms with Gasteiger partial charge in [-0.1, -0.05) is 11.6 Å². The van der Waals surface area contributed by atoms with Crippen LogP contribution in [-0.2, 0) is 0 Å². The van der Waals surface area contributed by atoms with Gasteiger partial charge in [-0.3, -0.25) is 0 Å². The molecule has 70 valence electrons. The third kappa shape index (κ3) is 2.07. The summed E-state index contributed by atoms with van der Waals surface area (Å²) < 4.78 is 5.60. The Morgan fingerprint density at radius 3 is 2.77 bits per heavy atom. The Morgan fingerprint density at radius 1 is 1.46 bits per heavy atom. The van der Waals surface area contributed by atoms with Crippen LogP contribution < -0.4 is 10.1 Å². The van der Waals surface area contributed by atoms with Gasteiger partial charge in [0, 0.05) is 12.7 Å². The van der Waals surface area contributed by atoms with E-state index in [1.165, 1.54) is 0 Å². The molecule has 0 amide bonds. The molecule has 0 bridgehead atoms. The van der Waals surface area contributed by atoms with Gasteiger partial charge in [0.2, 0.25) is 0 Å². The number of rotatable bonds is 3. The SMILES string of the molecule is CNc1ccc(OC2CC2)c(Cl)c1. The van der Waals surface area contributed by atoms with Gasteiger partial charge in [0.05, 0.1) is 11.1 Å². The fourth-order valence-electron chi connectivity index (χ4n) is 1.12. The lowest BCUT2D eigenvalue weighted by Crippen LogP contribution is -1.97. The van der Waals surface area contributed by atoms with Crippen LogP contribution >= 0.6 is 11.6 Å². The number of hydrogen-bond acceptors (Lipinski definition) is 2. The number of halogens is 1. The van der Waals surface area contributed by atoms with Crippen LogP contribution in [0.1, 0.15) is 12.8 Å². The zero-order valence-electron chi connectivity index (χ0n) is 7.51. The Balaban J connectivity index is 2.15. The highest BCUT2D eigenvalue weighted by Crippen LogP contribution is 2.33. The number of ether oxygens (including phenoxy) is 1. The minimum Gasteiger partial charge on any atom is -0.489 e. The summed E-state index contributed by atoms with van der Waals surface area (Å²) in [4.78, 5) is 0. The number of hydrogen-bond donors (Lipinski definition) is 1. The van der Waals surface area contributed by atoms with Crippen molar-refractivity contribution in [2.75, 3.05) is 12.4 Å². The van der Waals surface area contributed by atoms with Crippen molar-refractivity contribution >= 4 is 17.3 Å². The first-order valence-electron chi connectivity index (χ1n) is 4.43. The van der Waals surface area contributed by atoms with Gasteiger partial charge < -0.3 is 10.1 Å². The summed E-state index contributed by atoms with van der Waals surface area (Å²) in [6.07, 6.45) is 2.71. The smallest absolute Gasteiger partial charge is 0.138 e. The molecule has 3 heteroatoms. The molecule has 0 spiro atoms. The first-order valence-corrected chi connectivity index (χ1v) is 4.81. The lowest BCUT2D eigenvalue weighted by molar-refractivity contribution is 0.303. The standard InChI is InChI=1S/C10H12ClNO/c1-12-7-2-5-10(9(11)6-7)13-8-3-4-8/h2,5-6,8,12H,3-4H2,1H3. The molecule has 1 aliphatic rings. The van der Waals surface area contributed by atoms with Gasteiger partial charge in [-0.15, -0.1) is 0 Å². The molecular weight excluding hydrogens is 186 g/mol. The first-order chi connectivity index (χ1) is 6.29. The normalized spacial score (nSPS) is 15.5. The summed E-state index contributed by atoms with van der Waals surface area (Å²) in [6, 6.07) is 5.75. The number of anilines is 1. The molecule has 1 aromatic rings. The molecule has 2 rings (SSSR count). The Hall–Kier alpha value is -0.890. The van der Waals surface area contributed by atoms with Gasteiger partial charge in [0.25, 0.3) is 0 Å². The number of nitrogens with one attached hydrogen (secondary N) is 1. The predicted octanol–water partition coefficient (Wildman–Crippen LogP) is 2.92. The van der Waals surface area contributed by atoms with Gasteiger partial charge in [-0.25, -0.2) is 0 Å². The molecule has 1 saturated carbocycles. The molecule has 0 aliphatic heterocycles. The van der Waals surface area contributed by atoms with E-state index in [4.69, 9.17) is 16.3 Å². The van der Waals surface area contributed by atoms with E-state index in [0.29, 0.717) is 11.1 Å². The molecule has 1 fully saturated rings. The monoisotopic (exact) mass is 197 g/mol. The van der Waals surface area contributed by atoms with Crippen LogP contribution in [0.2, 0.25) is 5.02 Å². The summed E-state index contributed by atoms with van der Waals surface area (Å²) in [5.41, 5.74) is 1.01. The first kappa shape index (κ1) is 8.70. The van der Waals surface area contributed by atoms with Crippen LogP contribution in [0.25, 0.3) is 0 Å². The highest BCUT2D eigenvalue weighted by atomic mass is 35.5. The average molecular weight is 198 g/mol. The molecule has 0 aromatic heterocycles. The van der Waals surface area contributed by atoms with E-state index >= 15 is 0 Å². The van der Waals surface area contributed by atoms with Crippen molar-refractivity contribution in [1.82, 2.24) is 0 Å². The third-order valence-corrected chi connectivity index (χ3v) is 2.33. The Bertz CT molecular complexity index is 310. The van der Waals surface area contributed by atoms with Crippen molar-refractivity contribution in [2.24, 2.45) is 0 Å². The topological polar surface area (TPSA) is 21.3 Å². The van der Waals surface area contributed by atoms with Gasteiger partial charge in [0.1, 0.15) is 5.75 Å². The summed E-state index contributed by atoms with van der Waals surface area (Å²) in [7, 11) is 1.87. The maximum Gasteiger partial charge on any atom is 0.138 e. The molecule has 1 aliphatic carbocycles. The fourth-order valence-corrected chi connectivity index (χ4v) is 1.34. The Kier molecular flexibility index (Phi) is 2.32. The largest absolute Gasteiger partial charge is 0.489 e. The summed E-state index contributed by atoms with van der Waals surface area (Å²) in [6.45, 7) is 0. The molecule has 0 radical (unpaired) electrons. The lowest BCUT2D eigenvalue weighted by Gasteiger charge is -2.07. The average Bonchev–Trinajstić information content (AvgIpc) is 2.92. The van der Waals surface area contributed by atoms with Crippen molar-refractivity contribution < 1.29 is 4.74 Å². The zero-order valence-corrected chi connectivity index (χ0v) is 8.27. The lowest BCUT2D eigenvalue weighted by atomic mass is 10.3. The summed E-state index contributed by atoms with van der Waals surface area (Å²) >= 11 is 6.02. The molecule has 0 atom stereocenters. The van der Waals surface area contributed by atoms with Crippen LogP contribution in [0.5, 0.6) is 5.75 Å². The molecule has 2 nitrogen and oxygen atoms in total. The summed E-state index contributed by atoms with van der Waals surface area (Å²) in [5.74, 6) is 0.795. The van der Waals surface area contributed by atoms with E-state index in [-0.39, 0.29) is 0 Å². The molecule has 1 aromatic carbocycles. The van der Waals surface area contributed by atoms with E-state index < -0.39 is 0 Å². The van der Waals surface area contributed by atoms with E-state index in [0.717, 1.165) is 24.3 Å². The molecule has 1 N–H and O–H groups in total. The maximum atomic E-state index is 6.02. The Morgan fingerprint density at radius 2 is 2.23 bits per heavy atom. The minimum atomic E-state index is 0.401. The van der Waals surface area contributed by atoms with Crippen LogP contribution in [0, 0.1) is 0 Å². The van der Waals surface area contributed by atoms with E-state index in [2.05, 4.69) is 5.32 Å². The van der Waals surface area contributed by atoms with Crippen molar-refractivity contribution in [3.05, 3.63) is 23.2 Å². The molecule has 0 unspecified atom stereocenters. The van der Waals surface area contributed by atoms with Gasteiger partial charge >= 0.3 is 0 Å². The van der Waals surface area contributed by atoms with Gasteiger partial charge in [-0.2, -0.15) is 0 Å². The highest BCUT2D eigenvalue weighted by molar-refractivity contribution is 6.32. The number of benzene rings is 1. The van der Waals surface area contributed by atoms with Crippen molar-refractivity contribution in [3.8, 4) is 5.75 Å². The van der Waals surface area contributed by atoms with Crippen LogP contribution in [-0.4, -0.2) is 13.2 Å². The minimum absolute atomic E-state index is 0.401. The maximum absolute atomic E-state index is 6.02. The van der Waals surface area contributed by atoms with Crippen molar-refractivity contribution in [1.29, 1.82) is 0 Å². The fraction of sp³-hybridized carbons (Fsp3) is 0.400. The highest BCUT2D eigenvalue weighted by Gasteiger charge is 2.24. The second-order valence-electron chi connectivity index (χ2n) is 3.21. The molecule has 0 heterocycles. The van der Waals surface area contributed by atoms with Crippen molar-refractivity contribution in [2.45, 2.75) is 18.9 Å². The molecule has 13 heavy (non-hydrogen) atoms. The summed E-state index contributed by atoms with van der Waals surface area (Å²) in [5, 5.41) is 3.70. The van der Waals surface area contributed by atoms with E-state index in [1.54, 1.807) is 0 Å². The van der Waals surface area contributed by atoms with Crippen molar-refractivity contribution in [3.63, 3.8) is 0 Å².